The Balaban J connectivity index is 1.97. The summed E-state index contributed by atoms with van der Waals surface area (Å²) in [5.41, 5.74) is -2.49. The maximum absolute atomic E-state index is 13.4. The van der Waals surface area contributed by atoms with Crippen LogP contribution in [0.25, 0.3) is 0 Å². The number of hydrogen-bond donors (Lipinski definition) is 1. The Morgan fingerprint density at radius 2 is 1.75 bits per heavy atom. The van der Waals surface area contributed by atoms with E-state index in [2.05, 4.69) is 16.4 Å². The van der Waals surface area contributed by atoms with Gasteiger partial charge in [0.15, 0.2) is 11.2 Å². The average Bonchev–Trinajstić information content (AvgIpc) is 2.88. The van der Waals surface area contributed by atoms with Crippen molar-refractivity contribution in [1.29, 1.82) is 5.26 Å². The van der Waals surface area contributed by atoms with E-state index < -0.39 is 40.9 Å². The lowest BCUT2D eigenvalue weighted by atomic mass is 9.80. The van der Waals surface area contributed by atoms with Crippen molar-refractivity contribution >= 4 is 23.5 Å². The van der Waals surface area contributed by atoms with Crippen LogP contribution in [0.15, 0.2) is 66.9 Å². The molecule has 1 aromatic heterocycles. The minimum absolute atomic E-state index is 0.113. The standard InChI is InChI=1S/C29H27ClF3N3O4/c1-18(36-26(38)27(3,4)40-25-13-10-23(17-35-25)29(31,32)33)28(39-19(2)37,15-20-8-11-24(30)12-9-20)22-7-5-6-21(14-22)16-34/h5-14,17-18H,15H2,1-4H3,(H,36,38)/t18-,28?/m0/s1. The molecule has 3 rings (SSSR count). The first-order chi connectivity index (χ1) is 18.7. The number of amides is 1. The Labute approximate surface area is 234 Å². The molecule has 2 aromatic carbocycles. The molecule has 1 unspecified atom stereocenters. The van der Waals surface area contributed by atoms with Gasteiger partial charge in [-0.2, -0.15) is 18.4 Å². The number of pyridine rings is 1. The highest BCUT2D eigenvalue weighted by atomic mass is 35.5. The second kappa shape index (κ2) is 12.0. The van der Waals surface area contributed by atoms with Gasteiger partial charge in [0.1, 0.15) is 0 Å². The van der Waals surface area contributed by atoms with Gasteiger partial charge in [-0.1, -0.05) is 35.9 Å². The molecule has 0 saturated heterocycles. The van der Waals surface area contributed by atoms with Crippen LogP contribution in [0.2, 0.25) is 5.02 Å². The fourth-order valence-corrected chi connectivity index (χ4v) is 4.23. The van der Waals surface area contributed by atoms with Gasteiger partial charge in [-0.3, -0.25) is 9.59 Å². The van der Waals surface area contributed by atoms with Gasteiger partial charge in [-0.05, 0) is 62.2 Å². The summed E-state index contributed by atoms with van der Waals surface area (Å²) in [6.07, 6.45) is -3.84. The van der Waals surface area contributed by atoms with Crippen LogP contribution in [0.5, 0.6) is 5.88 Å². The third-order valence-corrected chi connectivity index (χ3v) is 6.46. The third kappa shape index (κ3) is 7.30. The van der Waals surface area contributed by atoms with E-state index in [1.807, 2.05) is 0 Å². The molecule has 0 saturated carbocycles. The number of nitrogens with one attached hydrogen (secondary N) is 1. The summed E-state index contributed by atoms with van der Waals surface area (Å²) in [6.45, 7) is 5.74. The maximum Gasteiger partial charge on any atom is 0.417 e. The molecule has 0 aliphatic heterocycles. The van der Waals surface area contributed by atoms with Crippen LogP contribution in [0.4, 0.5) is 13.2 Å². The van der Waals surface area contributed by atoms with Gasteiger partial charge in [-0.15, -0.1) is 0 Å². The van der Waals surface area contributed by atoms with E-state index in [1.54, 1.807) is 55.5 Å². The Hall–Kier alpha value is -4.10. The molecule has 0 radical (unpaired) electrons. The molecular formula is C29H27ClF3N3O4. The molecule has 0 fully saturated rings. The number of carbonyl (C=O) groups excluding carboxylic acids is 2. The molecule has 11 heteroatoms. The molecule has 1 heterocycles. The van der Waals surface area contributed by atoms with Crippen molar-refractivity contribution in [1.82, 2.24) is 10.3 Å². The van der Waals surface area contributed by atoms with Crippen molar-refractivity contribution in [2.45, 2.75) is 57.5 Å². The van der Waals surface area contributed by atoms with Crippen LogP contribution >= 0.6 is 11.6 Å². The number of nitrogens with zero attached hydrogens (tertiary/aromatic N) is 2. The van der Waals surface area contributed by atoms with Crippen molar-refractivity contribution < 1.29 is 32.2 Å². The predicted octanol–water partition coefficient (Wildman–Crippen LogP) is 5.99. The lowest BCUT2D eigenvalue weighted by molar-refractivity contribution is -0.164. The lowest BCUT2D eigenvalue weighted by Crippen LogP contribution is -2.57. The summed E-state index contributed by atoms with van der Waals surface area (Å²) in [6, 6.07) is 16.4. The van der Waals surface area contributed by atoms with E-state index in [1.165, 1.54) is 20.8 Å². The molecule has 40 heavy (non-hydrogen) atoms. The fraction of sp³-hybridized carbons (Fsp3) is 0.310. The number of esters is 1. The van der Waals surface area contributed by atoms with Gasteiger partial charge in [0.25, 0.3) is 5.91 Å². The second-order valence-corrected chi connectivity index (χ2v) is 10.1. The molecule has 1 amide bonds. The van der Waals surface area contributed by atoms with Gasteiger partial charge in [0, 0.05) is 30.6 Å². The number of rotatable bonds is 9. The number of benzene rings is 2. The number of hydrogen-bond acceptors (Lipinski definition) is 6. The van der Waals surface area contributed by atoms with Crippen LogP contribution in [0.3, 0.4) is 0 Å². The van der Waals surface area contributed by atoms with Crippen LogP contribution in [0.1, 0.15) is 49.9 Å². The Kier molecular flexibility index (Phi) is 9.10. The Morgan fingerprint density at radius 1 is 1.07 bits per heavy atom. The van der Waals surface area contributed by atoms with E-state index >= 15 is 0 Å². The topological polar surface area (TPSA) is 101 Å². The van der Waals surface area contributed by atoms with Crippen LogP contribution in [0, 0.1) is 11.3 Å². The maximum atomic E-state index is 13.4. The fourth-order valence-electron chi connectivity index (χ4n) is 4.11. The quantitative estimate of drug-likeness (QED) is 0.316. The molecule has 0 aliphatic rings. The Bertz CT molecular complexity index is 1400. The van der Waals surface area contributed by atoms with Crippen LogP contribution < -0.4 is 10.1 Å². The summed E-state index contributed by atoms with van der Waals surface area (Å²) >= 11 is 6.05. The molecule has 2 atom stereocenters. The van der Waals surface area contributed by atoms with E-state index in [0.29, 0.717) is 22.3 Å². The number of ether oxygens (including phenoxy) is 2. The number of halogens is 4. The summed E-state index contributed by atoms with van der Waals surface area (Å²) in [7, 11) is 0. The van der Waals surface area contributed by atoms with Crippen molar-refractivity contribution in [2.75, 3.05) is 0 Å². The predicted molar refractivity (Wildman–Crippen MR) is 141 cm³/mol. The van der Waals surface area contributed by atoms with Crippen molar-refractivity contribution in [2.24, 2.45) is 0 Å². The monoisotopic (exact) mass is 573 g/mol. The summed E-state index contributed by atoms with van der Waals surface area (Å²) in [5.74, 6) is -1.46. The first-order valence-corrected chi connectivity index (χ1v) is 12.5. The van der Waals surface area contributed by atoms with Gasteiger partial charge in [-0.25, -0.2) is 4.98 Å². The Morgan fingerprint density at radius 3 is 2.30 bits per heavy atom. The first kappa shape index (κ1) is 30.4. The van der Waals surface area contributed by atoms with Gasteiger partial charge in [0.2, 0.25) is 5.88 Å². The highest BCUT2D eigenvalue weighted by molar-refractivity contribution is 6.30. The molecule has 0 spiro atoms. The first-order valence-electron chi connectivity index (χ1n) is 12.1. The largest absolute Gasteiger partial charge is 0.462 e. The normalized spacial score (nSPS) is 13.9. The van der Waals surface area contributed by atoms with Gasteiger partial charge >= 0.3 is 12.1 Å². The summed E-state index contributed by atoms with van der Waals surface area (Å²) < 4.78 is 50.3. The molecular weight excluding hydrogens is 547 g/mol. The van der Waals surface area contributed by atoms with Gasteiger partial charge in [0.05, 0.1) is 23.2 Å². The zero-order valence-corrected chi connectivity index (χ0v) is 22.9. The minimum Gasteiger partial charge on any atom is -0.462 e. The van der Waals surface area contributed by atoms with E-state index in [0.717, 1.165) is 17.7 Å². The zero-order valence-electron chi connectivity index (χ0n) is 22.2. The van der Waals surface area contributed by atoms with Crippen molar-refractivity contribution in [3.05, 3.63) is 94.1 Å². The van der Waals surface area contributed by atoms with E-state index in [9.17, 15) is 28.0 Å². The third-order valence-electron chi connectivity index (χ3n) is 6.20. The molecule has 210 valence electrons. The minimum atomic E-state index is -4.57. The molecule has 3 aromatic rings. The van der Waals surface area contributed by atoms with Crippen LogP contribution in [-0.2, 0) is 32.5 Å². The van der Waals surface area contributed by atoms with Crippen molar-refractivity contribution in [3.8, 4) is 11.9 Å². The van der Waals surface area contributed by atoms with Crippen molar-refractivity contribution in [3.63, 3.8) is 0 Å². The smallest absolute Gasteiger partial charge is 0.417 e. The molecule has 0 aliphatic carbocycles. The number of alkyl halides is 3. The lowest BCUT2D eigenvalue weighted by Gasteiger charge is -2.40. The number of aromatic nitrogens is 1. The summed E-state index contributed by atoms with van der Waals surface area (Å²) in [5, 5.41) is 12.8. The molecule has 0 bridgehead atoms. The van der Waals surface area contributed by atoms with E-state index in [-0.39, 0.29) is 12.3 Å². The number of nitriles is 1. The van der Waals surface area contributed by atoms with Crippen LogP contribution in [-0.4, -0.2) is 28.5 Å². The molecule has 1 N–H and O–H groups in total. The number of carbonyl (C=O) groups is 2. The highest BCUT2D eigenvalue weighted by Crippen LogP contribution is 2.36. The average molecular weight is 574 g/mol. The van der Waals surface area contributed by atoms with Gasteiger partial charge < -0.3 is 14.8 Å². The van der Waals surface area contributed by atoms with E-state index in [4.69, 9.17) is 21.1 Å². The zero-order chi connectivity index (χ0) is 29.7. The molecule has 7 nitrogen and oxygen atoms in total. The summed E-state index contributed by atoms with van der Waals surface area (Å²) in [4.78, 5) is 29.5. The highest BCUT2D eigenvalue weighted by Gasteiger charge is 2.45. The SMILES string of the molecule is CC(=O)OC(Cc1ccc(Cl)cc1)(c1cccc(C#N)c1)[C@H](C)NC(=O)C(C)(C)Oc1ccc(C(F)(F)F)cn1. The second-order valence-electron chi connectivity index (χ2n) is 9.67.